The highest BCUT2D eigenvalue weighted by Crippen LogP contribution is 2.24. The summed E-state index contributed by atoms with van der Waals surface area (Å²) in [6.45, 7) is 1.82. The van der Waals surface area contributed by atoms with Crippen LogP contribution in [0.2, 0.25) is 0 Å². The zero-order valence-corrected chi connectivity index (χ0v) is 26.3. The third kappa shape index (κ3) is 10.9. The van der Waals surface area contributed by atoms with Crippen molar-refractivity contribution in [2.24, 2.45) is 0 Å². The average Bonchev–Trinajstić information content (AvgIpc) is 3.64. The van der Waals surface area contributed by atoms with Gasteiger partial charge in [-0.25, -0.2) is 9.78 Å². The molecule has 0 aliphatic carbocycles. The molecule has 1 atom stereocenters. The molecule has 5 rings (SSSR count). The molecule has 1 fully saturated rings. The van der Waals surface area contributed by atoms with Gasteiger partial charge in [0.2, 0.25) is 0 Å². The zero-order chi connectivity index (χ0) is 35.4. The van der Waals surface area contributed by atoms with Crippen LogP contribution < -0.4 is 15.8 Å². The summed E-state index contributed by atoms with van der Waals surface area (Å²) in [5.74, 6) is -2.51. The van der Waals surface area contributed by atoms with Crippen molar-refractivity contribution in [3.8, 4) is 5.75 Å². The largest absolute Gasteiger partial charge is 0.491 e. The van der Waals surface area contributed by atoms with Crippen molar-refractivity contribution in [1.82, 2.24) is 15.2 Å². The lowest BCUT2D eigenvalue weighted by molar-refractivity contribution is -0.192. The van der Waals surface area contributed by atoms with Crippen molar-refractivity contribution in [3.63, 3.8) is 0 Å². The highest BCUT2D eigenvalue weighted by molar-refractivity contribution is 5.98. The lowest BCUT2D eigenvalue weighted by Crippen LogP contribution is -2.39. The van der Waals surface area contributed by atoms with Gasteiger partial charge in [-0.2, -0.15) is 13.2 Å². The normalized spacial score (nSPS) is 13.2. The number of nitrogens with one attached hydrogen (secondary N) is 1. The minimum Gasteiger partial charge on any atom is -0.491 e. The number of alkyl halides is 3. The first-order valence-electron chi connectivity index (χ1n) is 15.4. The number of aromatic nitrogens is 1. The van der Waals surface area contributed by atoms with Gasteiger partial charge in [0.15, 0.2) is 0 Å². The number of fused-ring (bicyclic) bond motifs is 1. The summed E-state index contributed by atoms with van der Waals surface area (Å²) >= 11 is 0. The van der Waals surface area contributed by atoms with Crippen LogP contribution in [0, 0.1) is 0 Å². The second-order valence-electron chi connectivity index (χ2n) is 11.1. The molecule has 4 aromatic rings. The van der Waals surface area contributed by atoms with Gasteiger partial charge in [0.05, 0.1) is 6.04 Å². The molecule has 0 radical (unpaired) electrons. The van der Waals surface area contributed by atoms with Crippen molar-refractivity contribution < 1.29 is 46.9 Å². The van der Waals surface area contributed by atoms with Crippen LogP contribution in [0.4, 0.5) is 19.0 Å². The molecule has 0 spiro atoms. The third-order valence-corrected chi connectivity index (χ3v) is 7.52. The molecule has 1 aromatic heterocycles. The van der Waals surface area contributed by atoms with Gasteiger partial charge in [-0.05, 0) is 72.7 Å². The van der Waals surface area contributed by atoms with E-state index in [0.717, 1.165) is 42.3 Å². The SMILES string of the molecule is Nc1nccc2ccc(OC[C@@H](CCC(=O)OCc3ccccc3)NC(=O)c3ccc(C(=O)N4CCCC4)cc3)cc12.O=C(O)C(F)(F)F. The summed E-state index contributed by atoms with van der Waals surface area (Å²) in [6.07, 6.45) is -1.01. The molecule has 0 unspecified atom stereocenters. The Hall–Kier alpha value is -5.66. The number of carbonyl (C=O) groups excluding carboxylic acids is 3. The van der Waals surface area contributed by atoms with Crippen LogP contribution in [0.15, 0.2) is 85.1 Å². The standard InChI is InChI=1S/C33H34N4O5.C2HF3O2/c34-31-29-20-28(14-12-24(29)16-17-35-31)41-22-27(13-15-30(38)42-21-23-6-2-1-3-7-23)36-32(39)25-8-10-26(11-9-25)33(40)37-18-4-5-19-37;3-2(4,5)1(6)7/h1-3,6-12,14,16-17,20,27H,4-5,13,15,18-19,21-22H2,(H2,34,35)(H,36,39);(H,6,7)/t27-;/m1./s1. The number of nitrogens with two attached hydrogens (primary N) is 1. The van der Waals surface area contributed by atoms with E-state index in [9.17, 15) is 27.6 Å². The van der Waals surface area contributed by atoms with E-state index in [1.54, 1.807) is 36.5 Å². The molecular weight excluding hydrogens is 645 g/mol. The number of amides is 2. The van der Waals surface area contributed by atoms with E-state index < -0.39 is 18.2 Å². The van der Waals surface area contributed by atoms with Gasteiger partial charge in [0, 0.05) is 42.2 Å². The molecular formula is C35H35F3N4O7. The summed E-state index contributed by atoms with van der Waals surface area (Å²) in [5, 5.41) is 11.8. The molecule has 0 saturated carbocycles. The lowest BCUT2D eigenvalue weighted by atomic mass is 10.1. The lowest BCUT2D eigenvalue weighted by Gasteiger charge is -2.20. The molecule has 1 aliphatic heterocycles. The first-order valence-corrected chi connectivity index (χ1v) is 15.4. The summed E-state index contributed by atoms with van der Waals surface area (Å²) in [7, 11) is 0. The number of ether oxygens (including phenoxy) is 2. The molecule has 2 amide bonds. The quantitative estimate of drug-likeness (QED) is 0.177. The Bertz CT molecular complexity index is 1750. The Labute approximate surface area is 279 Å². The Kier molecular flexibility index (Phi) is 12.5. The van der Waals surface area contributed by atoms with Crippen LogP contribution in [0.25, 0.3) is 10.8 Å². The number of carboxylic acid groups (broad SMARTS) is 1. The molecule has 11 nitrogen and oxygen atoms in total. The fourth-order valence-corrected chi connectivity index (χ4v) is 4.89. The number of carboxylic acids is 1. The van der Waals surface area contributed by atoms with Crippen LogP contribution in [0.3, 0.4) is 0 Å². The molecule has 2 heterocycles. The van der Waals surface area contributed by atoms with Gasteiger partial charge in [0.25, 0.3) is 11.8 Å². The zero-order valence-electron chi connectivity index (χ0n) is 26.3. The van der Waals surface area contributed by atoms with Crippen molar-refractivity contribution in [2.75, 3.05) is 25.4 Å². The van der Waals surface area contributed by atoms with Crippen molar-refractivity contribution in [1.29, 1.82) is 0 Å². The van der Waals surface area contributed by atoms with Crippen LogP contribution in [-0.2, 0) is 20.9 Å². The van der Waals surface area contributed by atoms with Gasteiger partial charge in [-0.15, -0.1) is 0 Å². The van der Waals surface area contributed by atoms with E-state index in [1.807, 2.05) is 53.4 Å². The van der Waals surface area contributed by atoms with Crippen molar-refractivity contribution >= 4 is 40.3 Å². The number of pyridine rings is 1. The molecule has 14 heteroatoms. The maximum absolute atomic E-state index is 13.2. The number of halogens is 3. The fraction of sp³-hybridized carbons (Fsp3) is 0.286. The number of hydrogen-bond acceptors (Lipinski definition) is 8. The number of nitrogens with zero attached hydrogens (tertiary/aromatic N) is 2. The van der Waals surface area contributed by atoms with E-state index >= 15 is 0 Å². The van der Waals surface area contributed by atoms with E-state index in [4.69, 9.17) is 25.1 Å². The summed E-state index contributed by atoms with van der Waals surface area (Å²) in [4.78, 5) is 53.2. The maximum Gasteiger partial charge on any atom is 0.490 e. The number of anilines is 1. The summed E-state index contributed by atoms with van der Waals surface area (Å²) in [5.41, 5.74) is 7.89. The van der Waals surface area contributed by atoms with Crippen LogP contribution in [-0.4, -0.2) is 70.7 Å². The number of benzene rings is 3. The van der Waals surface area contributed by atoms with Gasteiger partial charge in [-0.1, -0.05) is 36.4 Å². The smallest absolute Gasteiger partial charge is 0.490 e. The van der Waals surface area contributed by atoms with Gasteiger partial charge in [0.1, 0.15) is 24.8 Å². The van der Waals surface area contributed by atoms with Crippen LogP contribution in [0.5, 0.6) is 5.75 Å². The first-order chi connectivity index (χ1) is 23.4. The van der Waals surface area contributed by atoms with E-state index in [-0.39, 0.29) is 37.4 Å². The molecule has 0 bridgehead atoms. The number of esters is 1. The first kappa shape index (κ1) is 36.2. The Morgan fingerprint density at radius 2 is 1.59 bits per heavy atom. The predicted molar refractivity (Wildman–Crippen MR) is 174 cm³/mol. The third-order valence-electron chi connectivity index (χ3n) is 7.52. The van der Waals surface area contributed by atoms with Crippen molar-refractivity contribution in [3.05, 3.63) is 102 Å². The number of nitrogen functional groups attached to an aromatic ring is 1. The highest BCUT2D eigenvalue weighted by atomic mass is 19.4. The predicted octanol–water partition coefficient (Wildman–Crippen LogP) is 5.39. The number of likely N-dealkylation sites (tertiary alicyclic amines) is 1. The molecule has 258 valence electrons. The molecule has 4 N–H and O–H groups in total. The Morgan fingerprint density at radius 3 is 2.24 bits per heavy atom. The number of carbonyl (C=O) groups is 4. The van der Waals surface area contributed by atoms with Crippen molar-refractivity contribution in [2.45, 2.75) is 44.5 Å². The van der Waals surface area contributed by atoms with E-state index in [0.29, 0.717) is 29.1 Å². The van der Waals surface area contributed by atoms with Crippen LogP contribution in [0.1, 0.15) is 52.0 Å². The second-order valence-corrected chi connectivity index (χ2v) is 11.1. The van der Waals surface area contributed by atoms with Gasteiger partial charge >= 0.3 is 18.1 Å². The number of rotatable bonds is 11. The Balaban J connectivity index is 0.000000698. The number of hydrogen-bond donors (Lipinski definition) is 3. The molecule has 49 heavy (non-hydrogen) atoms. The maximum atomic E-state index is 13.2. The fourth-order valence-electron chi connectivity index (χ4n) is 4.89. The molecule has 3 aromatic carbocycles. The van der Waals surface area contributed by atoms with E-state index in [1.165, 1.54) is 0 Å². The number of aliphatic carboxylic acids is 1. The molecule has 1 aliphatic rings. The summed E-state index contributed by atoms with van der Waals surface area (Å²) in [6, 6.07) is 23.0. The Morgan fingerprint density at radius 1 is 0.939 bits per heavy atom. The average molecular weight is 681 g/mol. The van der Waals surface area contributed by atoms with Crippen LogP contribution >= 0.6 is 0 Å². The second kappa shape index (κ2) is 16.9. The van der Waals surface area contributed by atoms with Gasteiger partial charge < -0.3 is 30.5 Å². The monoisotopic (exact) mass is 680 g/mol. The minimum absolute atomic E-state index is 0.0222. The minimum atomic E-state index is -5.08. The molecule has 1 saturated heterocycles. The highest BCUT2D eigenvalue weighted by Gasteiger charge is 2.38. The topological polar surface area (TPSA) is 161 Å². The van der Waals surface area contributed by atoms with Gasteiger partial charge in [-0.3, -0.25) is 14.4 Å². The summed E-state index contributed by atoms with van der Waals surface area (Å²) < 4.78 is 43.2. The van der Waals surface area contributed by atoms with E-state index in [2.05, 4.69) is 10.3 Å².